The molecule has 3 aromatic rings. The van der Waals surface area contributed by atoms with Crippen molar-refractivity contribution in [3.05, 3.63) is 41.0 Å². The van der Waals surface area contributed by atoms with E-state index in [-0.39, 0.29) is 0 Å². The van der Waals surface area contributed by atoms with Crippen molar-refractivity contribution >= 4 is 22.5 Å². The number of nitriles is 2. The van der Waals surface area contributed by atoms with Crippen LogP contribution in [0, 0.1) is 29.6 Å². The SMILES string of the molecule is Cc1c(CCC#N)c(NCC[NH+](C)C)n2c(nc3ccccc32)c1C#N. The molecule has 0 fully saturated rings. The van der Waals surface area contributed by atoms with Crippen LogP contribution < -0.4 is 10.2 Å². The zero-order chi connectivity index (χ0) is 18.7. The minimum Gasteiger partial charge on any atom is -0.365 e. The molecule has 0 saturated heterocycles. The Balaban J connectivity index is 2.30. The van der Waals surface area contributed by atoms with E-state index in [0.29, 0.717) is 24.1 Å². The van der Waals surface area contributed by atoms with E-state index in [1.54, 1.807) is 0 Å². The summed E-state index contributed by atoms with van der Waals surface area (Å²) in [6, 6.07) is 12.4. The van der Waals surface area contributed by atoms with Gasteiger partial charge in [0.1, 0.15) is 11.9 Å². The number of likely N-dealkylation sites (N-methyl/N-ethyl adjacent to an activating group) is 1. The number of rotatable bonds is 6. The summed E-state index contributed by atoms with van der Waals surface area (Å²) in [6.07, 6.45) is 1.02. The van der Waals surface area contributed by atoms with Crippen molar-refractivity contribution in [2.75, 3.05) is 32.5 Å². The average molecular weight is 347 g/mol. The molecule has 0 aliphatic carbocycles. The lowest BCUT2D eigenvalue weighted by molar-refractivity contribution is -0.856. The van der Waals surface area contributed by atoms with E-state index in [4.69, 9.17) is 10.2 Å². The highest BCUT2D eigenvalue weighted by atomic mass is 15.1. The molecule has 0 radical (unpaired) electrons. The minimum absolute atomic E-state index is 0.414. The Labute approximate surface area is 153 Å². The quantitative estimate of drug-likeness (QED) is 0.711. The Bertz CT molecular complexity index is 1030. The van der Waals surface area contributed by atoms with Gasteiger partial charge in [-0.1, -0.05) is 12.1 Å². The molecule has 2 aromatic heterocycles. The number of para-hydroxylation sites is 2. The second-order valence-corrected chi connectivity index (χ2v) is 6.74. The zero-order valence-electron chi connectivity index (χ0n) is 15.4. The number of nitrogens with zero attached hydrogens (tertiary/aromatic N) is 4. The third-order valence-electron chi connectivity index (χ3n) is 4.64. The van der Waals surface area contributed by atoms with E-state index in [2.05, 4.69) is 31.6 Å². The highest BCUT2D eigenvalue weighted by Crippen LogP contribution is 2.31. The Morgan fingerprint density at radius 1 is 1.23 bits per heavy atom. The number of benzene rings is 1. The first-order valence-electron chi connectivity index (χ1n) is 8.81. The first-order valence-corrected chi connectivity index (χ1v) is 8.81. The lowest BCUT2D eigenvalue weighted by Gasteiger charge is -2.18. The molecule has 0 unspecified atom stereocenters. The summed E-state index contributed by atoms with van der Waals surface area (Å²) in [5.41, 5.74) is 5.02. The summed E-state index contributed by atoms with van der Waals surface area (Å²) in [7, 11) is 4.23. The van der Waals surface area contributed by atoms with Gasteiger partial charge in [0.15, 0.2) is 5.65 Å². The van der Waals surface area contributed by atoms with Crippen LogP contribution in [-0.2, 0) is 6.42 Å². The predicted molar refractivity (Wildman–Crippen MR) is 102 cm³/mol. The first kappa shape index (κ1) is 17.7. The molecule has 1 aromatic carbocycles. The molecule has 0 aliphatic rings. The fourth-order valence-electron chi connectivity index (χ4n) is 3.29. The van der Waals surface area contributed by atoms with E-state index < -0.39 is 0 Å². The van der Waals surface area contributed by atoms with E-state index in [1.165, 1.54) is 4.90 Å². The number of quaternary nitrogens is 1. The smallest absolute Gasteiger partial charge is 0.157 e. The Morgan fingerprint density at radius 2 is 2.00 bits per heavy atom. The molecule has 2 heterocycles. The summed E-state index contributed by atoms with van der Waals surface area (Å²) in [4.78, 5) is 6.06. The maximum atomic E-state index is 9.74. The molecule has 0 aliphatic heterocycles. The highest BCUT2D eigenvalue weighted by molar-refractivity contribution is 5.86. The van der Waals surface area contributed by atoms with Gasteiger partial charge in [-0.15, -0.1) is 0 Å². The average Bonchev–Trinajstić information content (AvgIpc) is 3.00. The normalized spacial score (nSPS) is 11.0. The molecule has 6 nitrogen and oxygen atoms in total. The molecule has 26 heavy (non-hydrogen) atoms. The van der Waals surface area contributed by atoms with Crippen molar-refractivity contribution in [2.24, 2.45) is 0 Å². The molecule has 132 valence electrons. The van der Waals surface area contributed by atoms with Crippen LogP contribution in [-0.4, -0.2) is 36.6 Å². The van der Waals surface area contributed by atoms with Crippen molar-refractivity contribution in [3.63, 3.8) is 0 Å². The Kier molecular flexibility index (Phi) is 5.06. The fourth-order valence-corrected chi connectivity index (χ4v) is 3.29. The molecule has 6 heteroatoms. The van der Waals surface area contributed by atoms with Crippen LogP contribution in [0.5, 0.6) is 0 Å². The van der Waals surface area contributed by atoms with Crippen molar-refractivity contribution in [3.8, 4) is 12.1 Å². The second-order valence-electron chi connectivity index (χ2n) is 6.74. The summed E-state index contributed by atoms with van der Waals surface area (Å²) in [6.45, 7) is 3.71. The minimum atomic E-state index is 0.414. The number of nitrogens with one attached hydrogen (secondary N) is 2. The van der Waals surface area contributed by atoms with Crippen molar-refractivity contribution in [1.29, 1.82) is 10.5 Å². The van der Waals surface area contributed by atoms with Gasteiger partial charge in [-0.2, -0.15) is 10.5 Å². The predicted octanol–water partition coefficient (Wildman–Crippen LogP) is 1.68. The van der Waals surface area contributed by atoms with Crippen LogP contribution in [0.2, 0.25) is 0 Å². The van der Waals surface area contributed by atoms with Crippen molar-refractivity contribution in [2.45, 2.75) is 19.8 Å². The van der Waals surface area contributed by atoms with Gasteiger partial charge in [0.2, 0.25) is 0 Å². The van der Waals surface area contributed by atoms with Crippen LogP contribution in [0.4, 0.5) is 5.82 Å². The van der Waals surface area contributed by atoms with Gasteiger partial charge >= 0.3 is 0 Å². The third kappa shape index (κ3) is 3.08. The maximum absolute atomic E-state index is 9.74. The number of aromatic nitrogens is 2. The number of hydrogen-bond donors (Lipinski definition) is 2. The maximum Gasteiger partial charge on any atom is 0.157 e. The molecule has 3 rings (SSSR count). The van der Waals surface area contributed by atoms with Crippen LogP contribution in [0.15, 0.2) is 24.3 Å². The molecule has 0 bridgehead atoms. The highest BCUT2D eigenvalue weighted by Gasteiger charge is 2.20. The summed E-state index contributed by atoms with van der Waals surface area (Å²) < 4.78 is 2.04. The molecule has 0 amide bonds. The van der Waals surface area contributed by atoms with Gasteiger partial charge in [-0.3, -0.25) is 4.40 Å². The molecule has 0 atom stereocenters. The van der Waals surface area contributed by atoms with Gasteiger partial charge < -0.3 is 10.2 Å². The number of fused-ring (bicyclic) bond motifs is 3. The lowest BCUT2D eigenvalue weighted by atomic mass is 10.0. The molecule has 2 N–H and O–H groups in total. The van der Waals surface area contributed by atoms with E-state index >= 15 is 0 Å². The van der Waals surface area contributed by atoms with Crippen LogP contribution >= 0.6 is 0 Å². The molecular formula is C20H23N6+. The van der Waals surface area contributed by atoms with Crippen molar-refractivity contribution < 1.29 is 4.90 Å². The van der Waals surface area contributed by atoms with Crippen molar-refractivity contribution in [1.82, 2.24) is 9.38 Å². The first-order chi connectivity index (χ1) is 12.6. The second kappa shape index (κ2) is 7.43. The number of hydrogen-bond acceptors (Lipinski definition) is 4. The fraction of sp³-hybridized carbons (Fsp3) is 0.350. The van der Waals surface area contributed by atoms with Gasteiger partial charge in [-0.05, 0) is 36.6 Å². The lowest BCUT2D eigenvalue weighted by Crippen LogP contribution is -3.06. The Morgan fingerprint density at radius 3 is 2.69 bits per heavy atom. The summed E-state index contributed by atoms with van der Waals surface area (Å²) in [5, 5.41) is 22.4. The summed E-state index contributed by atoms with van der Waals surface area (Å²) in [5.74, 6) is 0.946. The van der Waals surface area contributed by atoms with Gasteiger partial charge in [-0.25, -0.2) is 4.98 Å². The van der Waals surface area contributed by atoms with E-state index in [0.717, 1.165) is 41.1 Å². The van der Waals surface area contributed by atoms with Gasteiger partial charge in [0.25, 0.3) is 0 Å². The van der Waals surface area contributed by atoms with Gasteiger partial charge in [0, 0.05) is 6.42 Å². The number of imidazole rings is 1. The largest absolute Gasteiger partial charge is 0.365 e. The molecule has 0 spiro atoms. The Hall–Kier alpha value is -3.09. The zero-order valence-corrected chi connectivity index (χ0v) is 15.4. The standard InChI is InChI=1S/C20H22N6/c1-14-15(7-6-10-21)19(23-11-12-25(2)3)26-18-9-5-4-8-17(18)24-20(26)16(14)13-22/h4-5,8-9,23H,6-7,11-12H2,1-3H3/p+1. The van der Waals surface area contributed by atoms with E-state index in [9.17, 15) is 5.26 Å². The van der Waals surface area contributed by atoms with Crippen LogP contribution in [0.3, 0.4) is 0 Å². The van der Waals surface area contributed by atoms with E-state index in [1.807, 2.05) is 35.6 Å². The van der Waals surface area contributed by atoms with Crippen LogP contribution in [0.1, 0.15) is 23.1 Å². The summed E-state index contributed by atoms with van der Waals surface area (Å²) >= 11 is 0. The van der Waals surface area contributed by atoms with Crippen LogP contribution in [0.25, 0.3) is 16.7 Å². The molecular weight excluding hydrogens is 324 g/mol. The van der Waals surface area contributed by atoms with Gasteiger partial charge in [0.05, 0.1) is 49.9 Å². The number of anilines is 1. The monoisotopic (exact) mass is 347 g/mol. The molecule has 0 saturated carbocycles. The topological polar surface area (TPSA) is 81.3 Å². The number of pyridine rings is 1. The third-order valence-corrected chi connectivity index (χ3v) is 4.64.